The van der Waals surface area contributed by atoms with Gasteiger partial charge in [0.2, 0.25) is 0 Å². The largest absolute Gasteiger partial charge is 0.259 e. The fourth-order valence-electron chi connectivity index (χ4n) is 0.939. The molecule has 1 aliphatic carbocycles. The molecule has 0 heterocycles. The summed E-state index contributed by atoms with van der Waals surface area (Å²) in [5.74, 6) is 0. The van der Waals surface area contributed by atoms with E-state index in [9.17, 15) is 20.2 Å². The lowest BCUT2D eigenvalue weighted by Gasteiger charge is -2.01. The van der Waals surface area contributed by atoms with Crippen LogP contribution in [0.3, 0.4) is 0 Å². The molecule has 64 valence electrons. The van der Waals surface area contributed by atoms with Gasteiger partial charge in [-0.05, 0) is 18.6 Å². The molecule has 0 radical (unpaired) electrons. The van der Waals surface area contributed by atoms with Crippen LogP contribution in [0, 0.1) is 20.2 Å². The molecule has 0 saturated carbocycles. The zero-order valence-electron chi connectivity index (χ0n) is 6.10. The van der Waals surface area contributed by atoms with Gasteiger partial charge in [0.1, 0.15) is 6.42 Å². The second-order valence-electron chi connectivity index (χ2n) is 2.32. The third-order valence-electron chi connectivity index (χ3n) is 1.54. The average Bonchev–Trinajstić information content (AvgIpc) is 2.04. The molecule has 6 heteroatoms. The van der Waals surface area contributed by atoms with Gasteiger partial charge >= 0.3 is 0 Å². The molecule has 0 amide bonds. The Balaban J connectivity index is 2.73. The Morgan fingerprint density at radius 3 is 1.83 bits per heavy atom. The average molecular weight is 170 g/mol. The van der Waals surface area contributed by atoms with Crippen molar-refractivity contribution in [1.29, 1.82) is 0 Å². The van der Waals surface area contributed by atoms with Crippen molar-refractivity contribution < 1.29 is 9.85 Å². The quantitative estimate of drug-likeness (QED) is 0.458. The number of nitrogens with zero attached hydrogens (tertiary/aromatic N) is 2. The molecule has 6 nitrogen and oxygen atoms in total. The van der Waals surface area contributed by atoms with Crippen LogP contribution < -0.4 is 0 Å². The van der Waals surface area contributed by atoms with Crippen LogP contribution in [-0.2, 0) is 0 Å². The summed E-state index contributed by atoms with van der Waals surface area (Å²) in [4.78, 5) is 19.2. The van der Waals surface area contributed by atoms with E-state index in [1.807, 2.05) is 0 Å². The van der Waals surface area contributed by atoms with Crippen molar-refractivity contribution in [2.45, 2.75) is 12.8 Å². The molecule has 0 unspecified atom stereocenters. The zero-order valence-corrected chi connectivity index (χ0v) is 6.10. The Morgan fingerprint density at radius 2 is 1.50 bits per heavy atom. The van der Waals surface area contributed by atoms with Crippen molar-refractivity contribution in [2.75, 3.05) is 0 Å². The summed E-state index contributed by atoms with van der Waals surface area (Å²) in [5.41, 5.74) is -0.187. The summed E-state index contributed by atoms with van der Waals surface area (Å²) in [5, 5.41) is 20.4. The minimum atomic E-state index is -0.587. The van der Waals surface area contributed by atoms with Crippen molar-refractivity contribution in [3.63, 3.8) is 0 Å². The zero-order chi connectivity index (χ0) is 9.14. The van der Waals surface area contributed by atoms with Gasteiger partial charge in [0.15, 0.2) is 0 Å². The van der Waals surface area contributed by atoms with Gasteiger partial charge in [-0.1, -0.05) is 0 Å². The molecule has 1 rings (SSSR count). The highest BCUT2D eigenvalue weighted by atomic mass is 16.6. The molecule has 0 atom stereocenters. The maximum atomic E-state index is 10.2. The second-order valence-corrected chi connectivity index (χ2v) is 2.32. The summed E-state index contributed by atoms with van der Waals surface area (Å²) in [6, 6.07) is 0. The van der Waals surface area contributed by atoms with Gasteiger partial charge in [0.25, 0.3) is 11.4 Å². The lowest BCUT2D eigenvalue weighted by molar-refractivity contribution is -0.451. The van der Waals surface area contributed by atoms with E-state index in [-0.39, 0.29) is 24.2 Å². The first kappa shape index (κ1) is 8.38. The molecule has 0 aromatic carbocycles. The van der Waals surface area contributed by atoms with E-state index < -0.39 is 9.85 Å². The number of allylic oxidation sites excluding steroid dienone is 2. The Kier molecular flexibility index (Phi) is 2.18. The van der Waals surface area contributed by atoms with E-state index in [1.54, 1.807) is 0 Å². The van der Waals surface area contributed by atoms with Gasteiger partial charge in [-0.25, -0.2) is 0 Å². The van der Waals surface area contributed by atoms with Crippen LogP contribution in [0.5, 0.6) is 0 Å². The number of hydrogen-bond donors (Lipinski definition) is 0. The Bertz CT molecular complexity index is 264. The van der Waals surface area contributed by atoms with E-state index >= 15 is 0 Å². The molecular weight excluding hydrogens is 164 g/mol. The molecule has 0 aromatic heterocycles. The maximum Gasteiger partial charge on any atom is 0.253 e. The highest BCUT2D eigenvalue weighted by molar-refractivity contribution is 5.13. The molecule has 0 bridgehead atoms. The Labute approximate surface area is 67.5 Å². The van der Waals surface area contributed by atoms with Crippen LogP contribution in [0.1, 0.15) is 12.8 Å². The Hall–Kier alpha value is -1.72. The third kappa shape index (κ3) is 1.66. The summed E-state index contributed by atoms with van der Waals surface area (Å²) in [7, 11) is 0. The smallest absolute Gasteiger partial charge is 0.253 e. The predicted octanol–water partition coefficient (Wildman–Crippen LogP) is 1.10. The lowest BCUT2D eigenvalue weighted by atomic mass is 10.1. The van der Waals surface area contributed by atoms with E-state index in [1.165, 1.54) is 12.2 Å². The minimum absolute atomic E-state index is 0.0933. The van der Waals surface area contributed by atoms with Gasteiger partial charge < -0.3 is 0 Å². The first-order chi connectivity index (χ1) is 5.61. The topological polar surface area (TPSA) is 86.3 Å². The number of hydrogen-bond acceptors (Lipinski definition) is 4. The normalized spacial score (nSPS) is 16.3. The van der Waals surface area contributed by atoms with Crippen molar-refractivity contribution in [1.82, 2.24) is 0 Å². The van der Waals surface area contributed by atoms with E-state index in [4.69, 9.17) is 0 Å². The van der Waals surface area contributed by atoms with Crippen molar-refractivity contribution in [2.24, 2.45) is 0 Å². The number of rotatable bonds is 2. The molecule has 0 aliphatic heterocycles. The van der Waals surface area contributed by atoms with Crippen molar-refractivity contribution in [3.05, 3.63) is 43.8 Å². The van der Waals surface area contributed by atoms with Crippen LogP contribution in [0.2, 0.25) is 0 Å². The molecule has 0 fully saturated rings. The van der Waals surface area contributed by atoms with E-state index in [0.29, 0.717) is 0 Å². The third-order valence-corrected chi connectivity index (χ3v) is 1.54. The highest BCUT2D eigenvalue weighted by Gasteiger charge is 2.23. The minimum Gasteiger partial charge on any atom is -0.259 e. The van der Waals surface area contributed by atoms with Crippen LogP contribution in [0.15, 0.2) is 23.5 Å². The van der Waals surface area contributed by atoms with Gasteiger partial charge in [-0.15, -0.1) is 0 Å². The van der Waals surface area contributed by atoms with Crippen LogP contribution in [0.25, 0.3) is 0 Å². The van der Waals surface area contributed by atoms with Crippen molar-refractivity contribution in [3.8, 4) is 0 Å². The predicted molar refractivity (Wildman–Crippen MR) is 39.4 cm³/mol. The van der Waals surface area contributed by atoms with E-state index in [2.05, 4.69) is 0 Å². The molecule has 12 heavy (non-hydrogen) atoms. The van der Waals surface area contributed by atoms with Gasteiger partial charge in [-0.2, -0.15) is 0 Å². The SMILES string of the molecule is O=[N+]([O-])C1=CCC=C([N+](=O)[O-])C1. The molecule has 0 aromatic rings. The van der Waals surface area contributed by atoms with Crippen LogP contribution in [-0.4, -0.2) is 9.85 Å². The maximum absolute atomic E-state index is 10.2. The first-order valence-corrected chi connectivity index (χ1v) is 3.28. The van der Waals surface area contributed by atoms with Crippen LogP contribution in [0.4, 0.5) is 0 Å². The molecule has 0 N–H and O–H groups in total. The lowest BCUT2D eigenvalue weighted by Crippen LogP contribution is -2.08. The molecule has 0 saturated heterocycles. The van der Waals surface area contributed by atoms with E-state index in [0.717, 1.165) is 0 Å². The van der Waals surface area contributed by atoms with Gasteiger partial charge in [0, 0.05) is 0 Å². The summed E-state index contributed by atoms with van der Waals surface area (Å²) < 4.78 is 0. The number of nitro groups is 2. The molecular formula is C6H6N2O4. The Morgan fingerprint density at radius 1 is 1.08 bits per heavy atom. The van der Waals surface area contributed by atoms with Gasteiger partial charge in [0.05, 0.1) is 9.85 Å². The first-order valence-electron chi connectivity index (χ1n) is 3.28. The summed E-state index contributed by atoms with van der Waals surface area (Å²) in [6.45, 7) is 0. The molecule has 0 spiro atoms. The fraction of sp³-hybridized carbons (Fsp3) is 0.333. The van der Waals surface area contributed by atoms with Crippen LogP contribution >= 0.6 is 0 Å². The fourth-order valence-corrected chi connectivity index (χ4v) is 0.939. The summed E-state index contributed by atoms with van der Waals surface area (Å²) in [6.07, 6.45) is 2.85. The summed E-state index contributed by atoms with van der Waals surface area (Å²) >= 11 is 0. The molecule has 1 aliphatic rings. The standard InChI is InChI=1S/C6H6N2O4/c9-7(10)5-2-1-3-6(4-5)8(11)12/h2-3H,1,4H2. The van der Waals surface area contributed by atoms with Crippen molar-refractivity contribution >= 4 is 0 Å². The second kappa shape index (κ2) is 3.12. The highest BCUT2D eigenvalue weighted by Crippen LogP contribution is 2.18. The van der Waals surface area contributed by atoms with Gasteiger partial charge in [-0.3, -0.25) is 20.2 Å². The monoisotopic (exact) mass is 170 g/mol.